The van der Waals surface area contributed by atoms with Gasteiger partial charge in [-0.2, -0.15) is 0 Å². The van der Waals surface area contributed by atoms with Crippen LogP contribution in [-0.2, 0) is 16.1 Å². The minimum absolute atomic E-state index is 0.000651. The number of rotatable bonds is 13. The minimum Gasteiger partial charge on any atom is -0.497 e. The molecule has 5 heteroatoms. The van der Waals surface area contributed by atoms with Gasteiger partial charge >= 0.3 is 0 Å². The number of hydrogen-bond acceptors (Lipinski definition) is 4. The normalized spacial score (nSPS) is 12.0. The van der Waals surface area contributed by atoms with Crippen LogP contribution in [0, 0.1) is 0 Å². The number of aliphatic hydroxyl groups is 1. The van der Waals surface area contributed by atoms with Crippen molar-refractivity contribution in [3.63, 3.8) is 0 Å². The van der Waals surface area contributed by atoms with E-state index in [0.29, 0.717) is 13.0 Å². The highest BCUT2D eigenvalue weighted by Crippen LogP contribution is 2.12. The van der Waals surface area contributed by atoms with Gasteiger partial charge in [-0.15, -0.1) is 0 Å². The molecule has 1 atom stereocenters. The second kappa shape index (κ2) is 12.8. The molecule has 24 heavy (non-hydrogen) atoms. The zero-order valence-corrected chi connectivity index (χ0v) is 14.9. The predicted molar refractivity (Wildman–Crippen MR) is 95.0 cm³/mol. The molecule has 5 nitrogen and oxygen atoms in total. The van der Waals surface area contributed by atoms with Crippen LogP contribution in [0.2, 0.25) is 0 Å². The zero-order valence-electron chi connectivity index (χ0n) is 14.9. The van der Waals surface area contributed by atoms with E-state index in [2.05, 4.69) is 12.2 Å². The summed E-state index contributed by atoms with van der Waals surface area (Å²) < 4.78 is 10.6. The largest absolute Gasteiger partial charge is 0.497 e. The third-order valence-electron chi connectivity index (χ3n) is 3.78. The van der Waals surface area contributed by atoms with Gasteiger partial charge in [0.05, 0.1) is 26.4 Å². The molecule has 0 aliphatic carbocycles. The lowest BCUT2D eigenvalue weighted by atomic mass is 10.1. The monoisotopic (exact) mass is 337 g/mol. The topological polar surface area (TPSA) is 67.8 Å². The van der Waals surface area contributed by atoms with Crippen molar-refractivity contribution in [3.05, 3.63) is 29.8 Å². The Morgan fingerprint density at radius 1 is 1.17 bits per heavy atom. The summed E-state index contributed by atoms with van der Waals surface area (Å²) in [5.74, 6) is 0.803. The molecule has 0 aliphatic heterocycles. The maximum Gasteiger partial charge on any atom is 0.220 e. The number of benzene rings is 1. The smallest absolute Gasteiger partial charge is 0.220 e. The maximum absolute atomic E-state index is 11.7. The first-order valence-corrected chi connectivity index (χ1v) is 8.81. The summed E-state index contributed by atoms with van der Waals surface area (Å²) in [5, 5.41) is 12.6. The van der Waals surface area contributed by atoms with E-state index < -0.39 is 6.10 Å². The molecule has 0 heterocycles. The number of unbranched alkanes of at least 4 members (excludes halogenated alkanes) is 4. The number of nitrogens with one attached hydrogen (secondary N) is 1. The molecule has 1 unspecified atom stereocenters. The minimum atomic E-state index is -0.688. The van der Waals surface area contributed by atoms with Crippen LogP contribution in [0.25, 0.3) is 0 Å². The number of hydrogen-bond donors (Lipinski definition) is 2. The third kappa shape index (κ3) is 9.53. The summed E-state index contributed by atoms with van der Waals surface area (Å²) in [7, 11) is 1.63. The van der Waals surface area contributed by atoms with Crippen molar-refractivity contribution >= 4 is 5.91 Å². The maximum atomic E-state index is 11.7. The Morgan fingerprint density at radius 2 is 1.88 bits per heavy atom. The van der Waals surface area contributed by atoms with Gasteiger partial charge in [-0.05, 0) is 24.1 Å². The van der Waals surface area contributed by atoms with Crippen molar-refractivity contribution in [1.82, 2.24) is 5.32 Å². The number of aliphatic hydroxyl groups excluding tert-OH is 1. The SMILES string of the molecule is CCCCCCCC(=O)NCC(O)COCc1ccc(OC)cc1. The molecule has 1 aromatic rings. The number of ether oxygens (including phenoxy) is 2. The first-order valence-electron chi connectivity index (χ1n) is 8.81. The highest BCUT2D eigenvalue weighted by molar-refractivity contribution is 5.75. The van der Waals surface area contributed by atoms with Gasteiger partial charge in [-0.3, -0.25) is 4.79 Å². The van der Waals surface area contributed by atoms with Crippen LogP contribution in [0.1, 0.15) is 51.0 Å². The van der Waals surface area contributed by atoms with Gasteiger partial charge in [0, 0.05) is 13.0 Å². The fourth-order valence-corrected chi connectivity index (χ4v) is 2.30. The van der Waals surface area contributed by atoms with Crippen molar-refractivity contribution in [2.75, 3.05) is 20.3 Å². The average molecular weight is 337 g/mol. The van der Waals surface area contributed by atoms with E-state index in [-0.39, 0.29) is 19.1 Å². The van der Waals surface area contributed by atoms with Crippen LogP contribution < -0.4 is 10.1 Å². The summed E-state index contributed by atoms with van der Waals surface area (Å²) in [4.78, 5) is 11.7. The lowest BCUT2D eigenvalue weighted by Crippen LogP contribution is -2.34. The van der Waals surface area contributed by atoms with Gasteiger partial charge < -0.3 is 19.9 Å². The second-order valence-corrected chi connectivity index (χ2v) is 5.99. The lowest BCUT2D eigenvalue weighted by molar-refractivity contribution is -0.121. The highest BCUT2D eigenvalue weighted by Gasteiger charge is 2.07. The lowest BCUT2D eigenvalue weighted by Gasteiger charge is -2.12. The van der Waals surface area contributed by atoms with Crippen LogP contribution in [0.3, 0.4) is 0 Å². The van der Waals surface area contributed by atoms with Crippen molar-refractivity contribution in [1.29, 1.82) is 0 Å². The summed E-state index contributed by atoms with van der Waals surface area (Å²) in [6, 6.07) is 7.59. The Morgan fingerprint density at radius 3 is 2.54 bits per heavy atom. The number of amides is 1. The fraction of sp³-hybridized carbons (Fsp3) is 0.632. The van der Waals surface area contributed by atoms with Crippen molar-refractivity contribution < 1.29 is 19.4 Å². The number of carbonyl (C=O) groups excluding carboxylic acids is 1. The van der Waals surface area contributed by atoms with Gasteiger partial charge in [0.25, 0.3) is 0 Å². The quantitative estimate of drug-likeness (QED) is 0.543. The molecule has 0 fully saturated rings. The van der Waals surface area contributed by atoms with Gasteiger partial charge in [0.15, 0.2) is 0 Å². The van der Waals surface area contributed by atoms with E-state index in [4.69, 9.17) is 9.47 Å². The summed E-state index contributed by atoms with van der Waals surface area (Å²) in [6.45, 7) is 3.02. The zero-order chi connectivity index (χ0) is 17.6. The molecule has 0 radical (unpaired) electrons. The van der Waals surface area contributed by atoms with Crippen molar-refractivity contribution in [2.24, 2.45) is 0 Å². The Labute approximate surface area is 145 Å². The van der Waals surface area contributed by atoms with E-state index in [1.807, 2.05) is 24.3 Å². The molecule has 0 aromatic heterocycles. The van der Waals surface area contributed by atoms with E-state index in [9.17, 15) is 9.90 Å². The fourth-order valence-electron chi connectivity index (χ4n) is 2.30. The van der Waals surface area contributed by atoms with Gasteiger partial charge in [-0.1, -0.05) is 44.7 Å². The van der Waals surface area contributed by atoms with Crippen LogP contribution in [0.15, 0.2) is 24.3 Å². The van der Waals surface area contributed by atoms with Crippen molar-refractivity contribution in [3.8, 4) is 5.75 Å². The Balaban J connectivity index is 2.06. The molecule has 0 bridgehead atoms. The Bertz CT molecular complexity index is 447. The van der Waals surface area contributed by atoms with Gasteiger partial charge in [0.1, 0.15) is 5.75 Å². The Kier molecular flexibility index (Phi) is 10.9. The first-order chi connectivity index (χ1) is 11.7. The molecule has 0 aliphatic rings. The molecular formula is C19H31NO4. The number of methoxy groups -OCH3 is 1. The highest BCUT2D eigenvalue weighted by atomic mass is 16.5. The summed E-state index contributed by atoms with van der Waals surface area (Å²) in [5.41, 5.74) is 1.01. The molecule has 0 saturated heterocycles. The van der Waals surface area contributed by atoms with E-state index in [1.54, 1.807) is 7.11 Å². The molecule has 1 aromatic carbocycles. The Hall–Kier alpha value is -1.59. The second-order valence-electron chi connectivity index (χ2n) is 5.99. The van der Waals surface area contributed by atoms with E-state index in [1.165, 1.54) is 19.3 Å². The molecule has 2 N–H and O–H groups in total. The first kappa shape index (κ1) is 20.5. The van der Waals surface area contributed by atoms with Gasteiger partial charge in [0.2, 0.25) is 5.91 Å². The van der Waals surface area contributed by atoms with Gasteiger partial charge in [-0.25, -0.2) is 0 Å². The van der Waals surface area contributed by atoms with E-state index in [0.717, 1.165) is 24.2 Å². The number of carbonyl (C=O) groups is 1. The standard InChI is InChI=1S/C19H31NO4/c1-3-4-5-6-7-8-19(22)20-13-17(21)15-24-14-16-9-11-18(23-2)12-10-16/h9-12,17,21H,3-8,13-15H2,1-2H3,(H,20,22). The van der Waals surface area contributed by atoms with Crippen LogP contribution in [0.5, 0.6) is 5.75 Å². The van der Waals surface area contributed by atoms with Crippen LogP contribution in [-0.4, -0.2) is 37.4 Å². The van der Waals surface area contributed by atoms with Crippen LogP contribution >= 0.6 is 0 Å². The average Bonchev–Trinajstić information content (AvgIpc) is 2.60. The molecule has 0 saturated carbocycles. The third-order valence-corrected chi connectivity index (χ3v) is 3.78. The molecule has 1 amide bonds. The van der Waals surface area contributed by atoms with Crippen LogP contribution in [0.4, 0.5) is 0 Å². The molecule has 136 valence electrons. The summed E-state index contributed by atoms with van der Waals surface area (Å²) in [6.07, 6.45) is 5.47. The molecule has 1 rings (SSSR count). The van der Waals surface area contributed by atoms with E-state index >= 15 is 0 Å². The van der Waals surface area contributed by atoms with Crippen molar-refractivity contribution in [2.45, 2.75) is 58.2 Å². The summed E-state index contributed by atoms with van der Waals surface area (Å²) >= 11 is 0. The molecular weight excluding hydrogens is 306 g/mol. The predicted octanol–water partition coefficient (Wildman–Crippen LogP) is 3.05. The molecule has 0 spiro atoms.